The van der Waals surface area contributed by atoms with Crippen LogP contribution >= 0.6 is 0 Å². The van der Waals surface area contributed by atoms with E-state index in [0.29, 0.717) is 19.4 Å². The van der Waals surface area contributed by atoms with Crippen LogP contribution in [0.15, 0.2) is 36.4 Å². The first-order chi connectivity index (χ1) is 14.9. The quantitative estimate of drug-likeness (QED) is 0.299. The van der Waals surface area contributed by atoms with E-state index in [0.717, 1.165) is 32.7 Å². The molecule has 168 valence electrons. The van der Waals surface area contributed by atoms with Gasteiger partial charge in [0.2, 0.25) is 5.91 Å². The summed E-state index contributed by atoms with van der Waals surface area (Å²) in [5.41, 5.74) is 1.19. The fourth-order valence-corrected chi connectivity index (χ4v) is 3.64. The smallest absolute Gasteiger partial charge is 0.547 e. The molecular weight excluding hydrogens is 421 g/mol. The molecule has 0 aliphatic carbocycles. The third kappa shape index (κ3) is 8.33. The molecule has 9 heteroatoms. The zero-order valence-electron chi connectivity index (χ0n) is 18.9. The van der Waals surface area contributed by atoms with E-state index in [1.807, 2.05) is 30.0 Å². The minimum absolute atomic E-state index is 0. The second-order valence-electron chi connectivity index (χ2n) is 8.18. The van der Waals surface area contributed by atoms with E-state index in [4.69, 9.17) is 4.74 Å². The number of aliphatic carboxylic acids is 1. The number of rotatable bonds is 10. The van der Waals surface area contributed by atoms with Crippen molar-refractivity contribution in [2.24, 2.45) is 5.92 Å². The fraction of sp³-hybridized carbons (Fsp3) is 0.522. The Balaban J connectivity index is 0.00000363. The summed E-state index contributed by atoms with van der Waals surface area (Å²) in [4.78, 5) is 39.2. The van der Waals surface area contributed by atoms with Gasteiger partial charge in [-0.25, -0.2) is 0 Å². The monoisotopic (exact) mass is 451 g/mol. The second kappa shape index (κ2) is 13.1. The molecular formula is C23H30N3NaO5. The number of ether oxygens (including phenoxy) is 1. The third-order valence-electron chi connectivity index (χ3n) is 5.64. The van der Waals surface area contributed by atoms with Gasteiger partial charge in [0.05, 0.1) is 5.97 Å². The molecule has 0 saturated carbocycles. The SMILES string of the molecule is CC(CCNC(=O)C1OC1C(=O)[O-])CC(=O)N1CCN(C/C=C/c2ccccc2)CC1.[Na+]. The predicted molar refractivity (Wildman–Crippen MR) is 114 cm³/mol. The molecule has 1 aromatic carbocycles. The van der Waals surface area contributed by atoms with E-state index in [9.17, 15) is 19.5 Å². The van der Waals surface area contributed by atoms with Gasteiger partial charge in [-0.2, -0.15) is 0 Å². The maximum atomic E-state index is 12.6. The predicted octanol–water partition coefficient (Wildman–Crippen LogP) is -3.10. The summed E-state index contributed by atoms with van der Waals surface area (Å²) in [6.45, 7) is 6.40. The van der Waals surface area contributed by atoms with Gasteiger partial charge < -0.3 is 24.9 Å². The first-order valence-corrected chi connectivity index (χ1v) is 10.8. The van der Waals surface area contributed by atoms with Gasteiger partial charge >= 0.3 is 29.6 Å². The Kier molecular flexibility index (Phi) is 10.9. The van der Waals surface area contributed by atoms with Crippen LogP contribution in [0.1, 0.15) is 25.3 Å². The van der Waals surface area contributed by atoms with Crippen LogP contribution in [-0.4, -0.2) is 79.1 Å². The zero-order valence-corrected chi connectivity index (χ0v) is 20.9. The molecule has 32 heavy (non-hydrogen) atoms. The Morgan fingerprint density at radius 3 is 2.47 bits per heavy atom. The number of carboxylic acids is 1. The molecule has 3 unspecified atom stereocenters. The molecule has 1 N–H and O–H groups in total. The van der Waals surface area contributed by atoms with Gasteiger partial charge in [-0.1, -0.05) is 49.4 Å². The average Bonchev–Trinajstić information content (AvgIpc) is 3.56. The summed E-state index contributed by atoms with van der Waals surface area (Å²) in [7, 11) is 0. The molecule has 2 amide bonds. The van der Waals surface area contributed by atoms with Crippen molar-refractivity contribution in [3.63, 3.8) is 0 Å². The van der Waals surface area contributed by atoms with Crippen LogP contribution in [0, 0.1) is 5.92 Å². The summed E-state index contributed by atoms with van der Waals surface area (Å²) >= 11 is 0. The number of hydrogen-bond acceptors (Lipinski definition) is 6. The topological polar surface area (TPSA) is 105 Å². The van der Waals surface area contributed by atoms with Crippen LogP contribution < -0.4 is 40.0 Å². The van der Waals surface area contributed by atoms with Gasteiger partial charge in [0.1, 0.15) is 6.10 Å². The standard InChI is InChI=1S/C23H31N3O5.Na/c1-17(9-10-24-22(28)20-21(31-20)23(29)30)16-19(27)26-14-12-25(13-15-26)11-5-8-18-6-3-2-4-7-18;/h2-8,17,20-21H,9-16H2,1H3,(H,24,28)(H,29,30);/q;+1/p-1/b8-5+;. The number of epoxide rings is 1. The number of benzene rings is 1. The molecule has 3 rings (SSSR count). The maximum absolute atomic E-state index is 12.6. The van der Waals surface area contributed by atoms with Gasteiger partial charge in [0.15, 0.2) is 6.10 Å². The molecule has 0 spiro atoms. The first kappa shape index (κ1) is 26.5. The van der Waals surface area contributed by atoms with Crippen LogP contribution in [0.3, 0.4) is 0 Å². The molecule has 0 bridgehead atoms. The van der Waals surface area contributed by atoms with Crippen molar-refractivity contribution in [3.05, 3.63) is 42.0 Å². The number of hydrogen-bond donors (Lipinski definition) is 1. The Morgan fingerprint density at radius 1 is 1.16 bits per heavy atom. The zero-order chi connectivity index (χ0) is 22.2. The molecule has 0 radical (unpaired) electrons. The number of carbonyl (C=O) groups is 3. The Labute approximate surface area is 211 Å². The Morgan fingerprint density at radius 2 is 1.84 bits per heavy atom. The molecule has 1 aromatic rings. The van der Waals surface area contributed by atoms with Crippen molar-refractivity contribution in [2.75, 3.05) is 39.3 Å². The van der Waals surface area contributed by atoms with E-state index < -0.39 is 24.1 Å². The Hall–Kier alpha value is -1.71. The van der Waals surface area contributed by atoms with Gasteiger partial charge in [-0.05, 0) is 17.9 Å². The molecule has 2 heterocycles. The maximum Gasteiger partial charge on any atom is 1.00 e. The summed E-state index contributed by atoms with van der Waals surface area (Å²) in [6.07, 6.45) is 3.28. The van der Waals surface area contributed by atoms with E-state index in [2.05, 4.69) is 34.5 Å². The number of carboxylic acid groups (broad SMARTS) is 1. The van der Waals surface area contributed by atoms with Gasteiger partial charge in [0.25, 0.3) is 5.91 Å². The number of nitrogens with one attached hydrogen (secondary N) is 1. The average molecular weight is 451 g/mol. The van der Waals surface area contributed by atoms with Crippen molar-refractivity contribution in [1.82, 2.24) is 15.1 Å². The molecule has 2 fully saturated rings. The number of carbonyl (C=O) groups excluding carboxylic acids is 3. The van der Waals surface area contributed by atoms with Gasteiger partial charge in [-0.3, -0.25) is 14.5 Å². The number of amides is 2. The van der Waals surface area contributed by atoms with Gasteiger partial charge in [-0.15, -0.1) is 0 Å². The van der Waals surface area contributed by atoms with E-state index in [1.54, 1.807) is 0 Å². The second-order valence-corrected chi connectivity index (χ2v) is 8.18. The molecule has 2 aliphatic heterocycles. The van der Waals surface area contributed by atoms with Crippen LogP contribution in [0.25, 0.3) is 6.08 Å². The van der Waals surface area contributed by atoms with Crippen molar-refractivity contribution < 1.29 is 53.8 Å². The molecule has 3 atom stereocenters. The van der Waals surface area contributed by atoms with Crippen molar-refractivity contribution >= 4 is 23.9 Å². The van der Waals surface area contributed by atoms with Crippen molar-refractivity contribution in [2.45, 2.75) is 32.0 Å². The minimum Gasteiger partial charge on any atom is -0.547 e. The third-order valence-corrected chi connectivity index (χ3v) is 5.64. The molecule has 2 aliphatic rings. The normalized spacial score (nSPS) is 21.6. The molecule has 2 saturated heterocycles. The summed E-state index contributed by atoms with van der Waals surface area (Å²) in [6, 6.07) is 10.2. The number of nitrogens with zero attached hydrogens (tertiary/aromatic N) is 2. The number of piperazine rings is 1. The largest absolute Gasteiger partial charge is 1.00 e. The van der Waals surface area contributed by atoms with E-state index >= 15 is 0 Å². The van der Waals surface area contributed by atoms with E-state index in [-0.39, 0.29) is 41.4 Å². The van der Waals surface area contributed by atoms with E-state index in [1.165, 1.54) is 5.56 Å². The van der Waals surface area contributed by atoms with Crippen LogP contribution in [-0.2, 0) is 19.1 Å². The molecule has 8 nitrogen and oxygen atoms in total. The van der Waals surface area contributed by atoms with Crippen molar-refractivity contribution in [3.8, 4) is 0 Å². The van der Waals surface area contributed by atoms with Gasteiger partial charge in [0, 0.05) is 45.7 Å². The van der Waals surface area contributed by atoms with Crippen LogP contribution in [0.5, 0.6) is 0 Å². The summed E-state index contributed by atoms with van der Waals surface area (Å²) in [5, 5.41) is 13.3. The van der Waals surface area contributed by atoms with Crippen LogP contribution in [0.2, 0.25) is 0 Å². The minimum atomic E-state index is -1.37. The first-order valence-electron chi connectivity index (χ1n) is 10.8. The summed E-state index contributed by atoms with van der Waals surface area (Å²) in [5.74, 6) is -1.55. The fourth-order valence-electron chi connectivity index (χ4n) is 3.64. The molecule has 0 aromatic heterocycles. The summed E-state index contributed by atoms with van der Waals surface area (Å²) < 4.78 is 4.75. The van der Waals surface area contributed by atoms with Crippen molar-refractivity contribution in [1.29, 1.82) is 0 Å². The van der Waals surface area contributed by atoms with Crippen LogP contribution in [0.4, 0.5) is 0 Å². The Bertz CT molecular complexity index is 796.